The first-order valence-electron chi connectivity index (χ1n) is 14.1. The Bertz CT molecular complexity index is 1750. The number of ether oxygens (including phenoxy) is 3. The van der Waals surface area contributed by atoms with E-state index in [2.05, 4.69) is 32.8 Å². The van der Waals surface area contributed by atoms with Crippen LogP contribution in [0.4, 0.5) is 22.1 Å². The Morgan fingerprint density at radius 1 is 0.909 bits per heavy atom. The molecule has 0 radical (unpaired) electrons. The number of pyridine rings is 2. The highest BCUT2D eigenvalue weighted by atomic mass is 16.5. The highest BCUT2D eigenvalue weighted by Crippen LogP contribution is 2.35. The summed E-state index contributed by atoms with van der Waals surface area (Å²) in [6, 6.07) is 19.5. The Morgan fingerprint density at radius 2 is 1.75 bits per heavy atom. The summed E-state index contributed by atoms with van der Waals surface area (Å²) in [4.78, 5) is 33.6. The van der Waals surface area contributed by atoms with E-state index in [-0.39, 0.29) is 12.5 Å². The summed E-state index contributed by atoms with van der Waals surface area (Å²) in [6.07, 6.45) is 5.98. The van der Waals surface area contributed by atoms with Crippen LogP contribution in [-0.4, -0.2) is 52.5 Å². The number of urea groups is 1. The molecule has 0 aliphatic rings. The molecule has 0 atom stereocenters. The van der Waals surface area contributed by atoms with Crippen molar-refractivity contribution >= 4 is 40.0 Å². The van der Waals surface area contributed by atoms with Gasteiger partial charge in [-0.2, -0.15) is 5.10 Å². The van der Waals surface area contributed by atoms with E-state index in [1.54, 1.807) is 54.5 Å². The average molecular weight is 596 g/mol. The molecule has 12 nitrogen and oxygen atoms in total. The Morgan fingerprint density at radius 3 is 2.50 bits per heavy atom. The lowest BCUT2D eigenvalue weighted by Crippen LogP contribution is -2.21. The van der Waals surface area contributed by atoms with Gasteiger partial charge in [-0.1, -0.05) is 37.6 Å². The number of nitrogens with zero attached hydrogens (tertiary/aromatic N) is 4. The predicted octanol–water partition coefficient (Wildman–Crippen LogP) is 6.19. The second kappa shape index (κ2) is 14.1. The van der Waals surface area contributed by atoms with Gasteiger partial charge in [-0.3, -0.25) is 10.1 Å². The number of benzene rings is 2. The number of hydrogen-bond donors (Lipinski definition) is 3. The number of unbranched alkanes of at least 4 members (excludes halogenated alkanes) is 1. The molecule has 3 amide bonds. The zero-order valence-electron chi connectivity index (χ0n) is 24.7. The van der Waals surface area contributed by atoms with E-state index in [9.17, 15) is 9.59 Å². The van der Waals surface area contributed by atoms with Gasteiger partial charge in [0.15, 0.2) is 0 Å². The SMILES string of the molecule is CCCCc1cc(NC(=O)Nc2ccc(Oc3ccnc(NC(=O)COC)c3)c3ccccc23)n(-c2ccc(OC)nc2)n1. The number of amides is 3. The Hall–Kier alpha value is -5.49. The molecule has 5 aromatic rings. The van der Waals surface area contributed by atoms with Crippen LogP contribution in [0.25, 0.3) is 16.5 Å². The Kier molecular flexibility index (Phi) is 9.62. The molecule has 0 unspecified atom stereocenters. The quantitative estimate of drug-likeness (QED) is 0.155. The predicted molar refractivity (Wildman–Crippen MR) is 168 cm³/mol. The topological polar surface area (TPSA) is 142 Å². The number of fused-ring (bicyclic) bond motifs is 1. The van der Waals surface area contributed by atoms with Gasteiger partial charge >= 0.3 is 6.03 Å². The number of methoxy groups -OCH3 is 2. The molecule has 0 saturated carbocycles. The monoisotopic (exact) mass is 595 g/mol. The van der Waals surface area contributed by atoms with E-state index in [4.69, 9.17) is 19.3 Å². The van der Waals surface area contributed by atoms with Crippen LogP contribution in [0.3, 0.4) is 0 Å². The maximum Gasteiger partial charge on any atom is 0.324 e. The maximum absolute atomic E-state index is 13.3. The molecule has 0 aliphatic heterocycles. The highest BCUT2D eigenvalue weighted by molar-refractivity contribution is 6.07. The molecule has 226 valence electrons. The van der Waals surface area contributed by atoms with Crippen molar-refractivity contribution in [3.8, 4) is 23.1 Å². The standard InChI is InChI=1S/C32H33N7O5/c1-4-5-8-21-17-29(39(38-21)22-11-14-31(43-3)34-19-22)37-32(41)35-26-12-13-27(25-10-7-6-9-24(25)26)44-23-15-16-33-28(18-23)36-30(40)20-42-2/h6-7,9-19H,4-5,8,20H2,1-3H3,(H,33,36,40)(H2,35,37,41). The van der Waals surface area contributed by atoms with Gasteiger partial charge in [0.1, 0.15) is 29.7 Å². The molecule has 3 N–H and O–H groups in total. The zero-order chi connectivity index (χ0) is 30.9. The maximum atomic E-state index is 13.3. The fraction of sp³-hybridized carbons (Fsp3) is 0.219. The van der Waals surface area contributed by atoms with Crippen LogP contribution in [0, 0.1) is 0 Å². The summed E-state index contributed by atoms with van der Waals surface area (Å²) in [5, 5.41) is 14.8. The summed E-state index contributed by atoms with van der Waals surface area (Å²) >= 11 is 0. The summed E-state index contributed by atoms with van der Waals surface area (Å²) in [7, 11) is 3.00. The Labute approximate surface area is 254 Å². The van der Waals surface area contributed by atoms with E-state index in [0.717, 1.165) is 35.7 Å². The van der Waals surface area contributed by atoms with Crippen molar-refractivity contribution in [2.75, 3.05) is 36.8 Å². The third-order valence-corrected chi connectivity index (χ3v) is 6.60. The minimum atomic E-state index is -0.431. The molecular formula is C32H33N7O5. The smallest absolute Gasteiger partial charge is 0.324 e. The zero-order valence-corrected chi connectivity index (χ0v) is 24.7. The molecule has 0 aliphatic carbocycles. The molecular weight excluding hydrogens is 562 g/mol. The lowest BCUT2D eigenvalue weighted by Gasteiger charge is -2.14. The summed E-state index contributed by atoms with van der Waals surface area (Å²) < 4.78 is 17.9. The van der Waals surface area contributed by atoms with Crippen LogP contribution in [0.1, 0.15) is 25.5 Å². The van der Waals surface area contributed by atoms with Crippen molar-refractivity contribution in [2.45, 2.75) is 26.2 Å². The van der Waals surface area contributed by atoms with Gasteiger partial charge in [-0.05, 0) is 37.1 Å². The molecule has 12 heteroatoms. The summed E-state index contributed by atoms with van der Waals surface area (Å²) in [5.74, 6) is 2.06. The summed E-state index contributed by atoms with van der Waals surface area (Å²) in [6.45, 7) is 2.04. The van der Waals surface area contributed by atoms with Crippen LogP contribution in [0.2, 0.25) is 0 Å². The van der Waals surface area contributed by atoms with Gasteiger partial charge in [-0.25, -0.2) is 19.4 Å². The largest absolute Gasteiger partial charge is 0.481 e. The van der Waals surface area contributed by atoms with Gasteiger partial charge in [-0.15, -0.1) is 0 Å². The molecule has 5 rings (SSSR count). The molecule has 3 heterocycles. The van der Waals surface area contributed by atoms with Crippen LogP contribution in [0.5, 0.6) is 17.4 Å². The van der Waals surface area contributed by atoms with Crippen molar-refractivity contribution in [2.24, 2.45) is 0 Å². The Balaban J connectivity index is 1.36. The van der Waals surface area contributed by atoms with Crippen LogP contribution in [0.15, 0.2) is 79.1 Å². The molecule has 2 aromatic carbocycles. The lowest BCUT2D eigenvalue weighted by molar-refractivity contribution is -0.119. The molecule has 0 bridgehead atoms. The first kappa shape index (κ1) is 30.0. The molecule has 3 aromatic heterocycles. The first-order valence-corrected chi connectivity index (χ1v) is 14.1. The van der Waals surface area contributed by atoms with Gasteiger partial charge in [0.2, 0.25) is 5.88 Å². The van der Waals surface area contributed by atoms with Crippen molar-refractivity contribution in [3.63, 3.8) is 0 Å². The number of aromatic nitrogens is 4. The number of carbonyl (C=O) groups is 2. The van der Waals surface area contributed by atoms with Crippen LogP contribution >= 0.6 is 0 Å². The van der Waals surface area contributed by atoms with Gasteiger partial charge in [0.25, 0.3) is 5.91 Å². The van der Waals surface area contributed by atoms with E-state index in [1.165, 1.54) is 7.11 Å². The van der Waals surface area contributed by atoms with E-state index < -0.39 is 6.03 Å². The van der Waals surface area contributed by atoms with Crippen molar-refractivity contribution in [1.82, 2.24) is 19.7 Å². The third-order valence-electron chi connectivity index (χ3n) is 6.60. The second-order valence-corrected chi connectivity index (χ2v) is 9.79. The number of anilines is 3. The van der Waals surface area contributed by atoms with Crippen molar-refractivity contribution in [1.29, 1.82) is 0 Å². The van der Waals surface area contributed by atoms with Crippen LogP contribution < -0.4 is 25.4 Å². The van der Waals surface area contributed by atoms with Gasteiger partial charge < -0.3 is 24.8 Å². The fourth-order valence-corrected chi connectivity index (χ4v) is 4.53. The lowest BCUT2D eigenvalue weighted by atomic mass is 10.1. The number of nitrogens with one attached hydrogen (secondary N) is 3. The van der Waals surface area contributed by atoms with Crippen molar-refractivity contribution < 1.29 is 23.8 Å². The summed E-state index contributed by atoms with van der Waals surface area (Å²) in [5.41, 5.74) is 2.15. The molecule has 0 saturated heterocycles. The van der Waals surface area contributed by atoms with Crippen molar-refractivity contribution in [3.05, 3.63) is 84.8 Å². The minimum absolute atomic E-state index is 0.0828. The fourth-order valence-electron chi connectivity index (χ4n) is 4.53. The minimum Gasteiger partial charge on any atom is -0.481 e. The third kappa shape index (κ3) is 7.28. The number of aryl methyl sites for hydroxylation is 1. The molecule has 0 spiro atoms. The van der Waals surface area contributed by atoms with E-state index in [1.807, 2.05) is 36.4 Å². The number of hydrogen-bond acceptors (Lipinski definition) is 8. The first-order chi connectivity index (χ1) is 21.5. The number of carbonyl (C=O) groups excluding carboxylic acids is 2. The highest BCUT2D eigenvalue weighted by Gasteiger charge is 2.16. The van der Waals surface area contributed by atoms with E-state index >= 15 is 0 Å². The van der Waals surface area contributed by atoms with E-state index in [0.29, 0.717) is 40.4 Å². The average Bonchev–Trinajstić information content (AvgIpc) is 3.43. The van der Waals surface area contributed by atoms with Gasteiger partial charge in [0.05, 0.1) is 30.4 Å². The number of rotatable bonds is 12. The molecule has 0 fully saturated rings. The second-order valence-electron chi connectivity index (χ2n) is 9.79. The van der Waals surface area contributed by atoms with Crippen LogP contribution in [-0.2, 0) is 16.0 Å². The molecule has 44 heavy (non-hydrogen) atoms. The van der Waals surface area contributed by atoms with Gasteiger partial charge in [0, 0.05) is 42.3 Å². The normalized spacial score (nSPS) is 10.8.